The van der Waals surface area contributed by atoms with Crippen LogP contribution in [0.5, 0.6) is 0 Å². The van der Waals surface area contributed by atoms with E-state index in [0.717, 1.165) is 44.9 Å². The van der Waals surface area contributed by atoms with Gasteiger partial charge in [0, 0.05) is 13.0 Å². The summed E-state index contributed by atoms with van der Waals surface area (Å²) in [6.45, 7) is 8.87. The van der Waals surface area contributed by atoms with Crippen LogP contribution in [0.15, 0.2) is 12.2 Å². The summed E-state index contributed by atoms with van der Waals surface area (Å²) in [5.41, 5.74) is 2.72. The number of carbonyl (C=O) groups excluding carboxylic acids is 1. The van der Waals surface area contributed by atoms with Gasteiger partial charge < -0.3 is 14.9 Å². The van der Waals surface area contributed by atoms with Crippen LogP contribution in [0.1, 0.15) is 220 Å². The summed E-state index contributed by atoms with van der Waals surface area (Å²) in [7, 11) is -4.20. The van der Waals surface area contributed by atoms with Gasteiger partial charge in [-0.3, -0.25) is 18.7 Å². The summed E-state index contributed by atoms with van der Waals surface area (Å²) < 4.78 is 35.8. The molecule has 0 heterocycles. The molecular formula is C45H91N2O8P. The smallest absolute Gasteiger partial charge is 0.444 e. The second-order valence-corrected chi connectivity index (χ2v) is 17.3. The summed E-state index contributed by atoms with van der Waals surface area (Å²) in [5, 5.41) is 19.1. The first-order valence-electron chi connectivity index (χ1n) is 23.5. The number of rotatable bonds is 45. The largest absolute Gasteiger partial charge is 0.491 e. The molecule has 0 aromatic carbocycles. The maximum Gasteiger partial charge on any atom is 0.491 e. The Bertz CT molecular complexity index is 907. The van der Waals surface area contributed by atoms with Crippen molar-refractivity contribution >= 4 is 13.8 Å². The quantitative estimate of drug-likeness (QED) is 0.0136. The van der Waals surface area contributed by atoms with Gasteiger partial charge in [0.1, 0.15) is 12.7 Å². The van der Waals surface area contributed by atoms with Crippen molar-refractivity contribution in [2.75, 3.05) is 39.5 Å². The van der Waals surface area contributed by atoms with E-state index in [1.807, 2.05) is 18.7 Å². The molecule has 0 fully saturated rings. The number of ether oxygens (including phenoxy) is 1. The van der Waals surface area contributed by atoms with Crippen LogP contribution in [-0.4, -0.2) is 72.9 Å². The number of likely N-dealkylation sites (N-methyl/N-ethyl adjacent to an activating group) is 1. The van der Waals surface area contributed by atoms with E-state index in [1.165, 1.54) is 141 Å². The topological polar surface area (TPSA) is 127 Å². The molecule has 0 amide bonds. The van der Waals surface area contributed by atoms with Gasteiger partial charge in [0.2, 0.25) is 0 Å². The zero-order valence-electron chi connectivity index (χ0n) is 37.0. The van der Waals surface area contributed by atoms with Crippen molar-refractivity contribution in [2.45, 2.75) is 233 Å². The molecule has 0 aromatic rings. The molecule has 0 aliphatic rings. The van der Waals surface area contributed by atoms with E-state index < -0.39 is 33.4 Å². The number of aliphatic hydroxyl groups is 2. The number of nitrogens with zero attached hydrogens (tertiary/aromatic N) is 1. The van der Waals surface area contributed by atoms with E-state index in [9.17, 15) is 19.6 Å². The second kappa shape index (κ2) is 42.3. The zero-order valence-corrected chi connectivity index (χ0v) is 37.9. The molecule has 0 saturated heterocycles. The number of hydrogen-bond acceptors (Lipinski definition) is 10. The van der Waals surface area contributed by atoms with Gasteiger partial charge in [0.05, 0.1) is 13.2 Å². The molecule has 56 heavy (non-hydrogen) atoms. The molecule has 0 radical (unpaired) electrons. The van der Waals surface area contributed by atoms with Crippen molar-refractivity contribution in [1.29, 1.82) is 0 Å². The number of aliphatic hydroxyl groups excluding tert-OH is 2. The van der Waals surface area contributed by atoms with Crippen LogP contribution in [0.4, 0.5) is 0 Å². The summed E-state index contributed by atoms with van der Waals surface area (Å²) >= 11 is 0. The Morgan fingerprint density at radius 1 is 0.607 bits per heavy atom. The molecule has 0 aliphatic heterocycles. The van der Waals surface area contributed by atoms with Crippen LogP contribution in [-0.2, 0) is 27.8 Å². The highest BCUT2D eigenvalue weighted by atomic mass is 31.2. The average molecular weight is 819 g/mol. The fourth-order valence-electron chi connectivity index (χ4n) is 6.74. The minimum atomic E-state index is -4.20. The number of hydrogen-bond donors (Lipinski definition) is 3. The Kier molecular flexibility index (Phi) is 41.7. The van der Waals surface area contributed by atoms with Gasteiger partial charge >= 0.3 is 13.8 Å². The third-order valence-electron chi connectivity index (χ3n) is 10.4. The van der Waals surface area contributed by atoms with Gasteiger partial charge in [-0.2, -0.15) is 10.1 Å². The first-order chi connectivity index (χ1) is 27.4. The monoisotopic (exact) mass is 819 g/mol. The van der Waals surface area contributed by atoms with E-state index in [0.29, 0.717) is 26.1 Å². The van der Waals surface area contributed by atoms with Crippen molar-refractivity contribution < 1.29 is 38.0 Å². The number of nitrogens with one attached hydrogen (secondary N) is 1. The summed E-state index contributed by atoms with van der Waals surface area (Å²) in [6, 6.07) is 0. The van der Waals surface area contributed by atoms with Gasteiger partial charge in [-0.1, -0.05) is 188 Å². The van der Waals surface area contributed by atoms with Gasteiger partial charge in [-0.25, -0.2) is 4.57 Å². The highest BCUT2D eigenvalue weighted by molar-refractivity contribution is 7.48. The second-order valence-electron chi connectivity index (χ2n) is 15.7. The zero-order chi connectivity index (χ0) is 41.2. The highest BCUT2D eigenvalue weighted by Gasteiger charge is 2.32. The molecule has 0 bridgehead atoms. The van der Waals surface area contributed by atoms with E-state index in [-0.39, 0.29) is 12.6 Å². The Morgan fingerprint density at radius 3 is 1.46 bits per heavy atom. The summed E-state index contributed by atoms with van der Waals surface area (Å²) in [4.78, 5) is 14.8. The molecule has 0 rings (SSSR count). The molecule has 0 saturated carbocycles. The number of phosphoric ester groups is 1. The minimum Gasteiger partial charge on any atom is -0.444 e. The van der Waals surface area contributed by atoms with Crippen LogP contribution < -0.4 is 5.48 Å². The van der Waals surface area contributed by atoms with Crippen molar-refractivity contribution in [3.05, 3.63) is 12.2 Å². The lowest BCUT2D eigenvalue weighted by atomic mass is 10.0. The van der Waals surface area contributed by atoms with Crippen molar-refractivity contribution in [3.63, 3.8) is 0 Å². The number of hydroxylamine groups is 1. The summed E-state index contributed by atoms with van der Waals surface area (Å²) in [6.07, 6.45) is 38.9. The van der Waals surface area contributed by atoms with Crippen molar-refractivity contribution in [2.24, 2.45) is 0 Å². The molecule has 3 unspecified atom stereocenters. The van der Waals surface area contributed by atoms with Crippen LogP contribution in [0.25, 0.3) is 0 Å². The molecule has 11 heteroatoms. The van der Waals surface area contributed by atoms with Gasteiger partial charge in [-0.05, 0) is 51.6 Å². The minimum absolute atomic E-state index is 0.227. The number of esters is 1. The molecule has 0 aliphatic carbocycles. The average Bonchev–Trinajstić information content (AvgIpc) is 3.20. The van der Waals surface area contributed by atoms with Crippen LogP contribution in [0, 0.1) is 0 Å². The highest BCUT2D eigenvalue weighted by Crippen LogP contribution is 2.48. The summed E-state index contributed by atoms with van der Waals surface area (Å²) in [5.74, 6) is -0.314. The van der Waals surface area contributed by atoms with E-state index in [2.05, 4.69) is 31.5 Å². The molecular weight excluding hydrogens is 727 g/mol. The number of allylic oxidation sites excluding steroid dienone is 2. The lowest BCUT2D eigenvalue weighted by molar-refractivity contribution is -0.163. The third kappa shape index (κ3) is 36.3. The molecule has 0 aromatic heterocycles. The molecule has 0 spiro atoms. The Labute approximate surface area is 345 Å². The van der Waals surface area contributed by atoms with Crippen molar-refractivity contribution in [1.82, 2.24) is 10.4 Å². The predicted molar refractivity (Wildman–Crippen MR) is 233 cm³/mol. The normalized spacial score (nSPS) is 14.1. The fraction of sp³-hybridized carbons (Fsp3) is 0.933. The number of carbonyl (C=O) groups is 1. The van der Waals surface area contributed by atoms with Crippen LogP contribution in [0.2, 0.25) is 0 Å². The van der Waals surface area contributed by atoms with E-state index in [1.54, 1.807) is 0 Å². The lowest BCUT2D eigenvalue weighted by Gasteiger charge is -2.30. The molecule has 10 nitrogen and oxygen atoms in total. The molecule has 3 N–H and O–H groups in total. The maximum atomic E-state index is 13.5. The lowest BCUT2D eigenvalue weighted by Crippen LogP contribution is -2.42. The first kappa shape index (κ1) is 55.2. The van der Waals surface area contributed by atoms with E-state index >= 15 is 0 Å². The van der Waals surface area contributed by atoms with Crippen LogP contribution in [0.3, 0.4) is 0 Å². The predicted octanol–water partition coefficient (Wildman–Crippen LogP) is 12.5. The third-order valence-corrected chi connectivity index (χ3v) is 11.7. The molecule has 334 valence electrons. The van der Waals surface area contributed by atoms with Gasteiger partial charge in [0.15, 0.2) is 6.23 Å². The number of unbranched alkanes of at least 4 members (excludes halogenated alkanes) is 26. The van der Waals surface area contributed by atoms with E-state index in [4.69, 9.17) is 18.4 Å². The number of phosphoric acid groups is 1. The molecule has 3 atom stereocenters. The fourth-order valence-corrected chi connectivity index (χ4v) is 7.83. The van der Waals surface area contributed by atoms with Crippen LogP contribution >= 0.6 is 7.82 Å². The Hall–Kier alpha value is -0.840. The standard InChI is InChI=1S/C45H91N2O8P/c1-5-9-11-13-15-17-19-21-23-25-27-29-31-33-35-37-39-46-55-56(51,52-41-43(49)40-48)53-42-44(47(7-3)8-4)54-45(50)38-36-34-32-30-28-26-24-22-20-18-16-14-12-10-6-2/h21,23,43-44,46,48-49H,5-20,22,24-42H2,1-4H3/b23-21-. The first-order valence-corrected chi connectivity index (χ1v) is 25.0. The SMILES string of the molecule is CCCCCCCC/C=C\CCCCCCCCNOP(=O)(OCC(O)CO)OCC(OC(=O)CCCCCCCCCCCCCCCCC)N(CC)CC. The van der Waals surface area contributed by atoms with Crippen molar-refractivity contribution in [3.8, 4) is 0 Å². The van der Waals surface area contributed by atoms with Gasteiger partial charge in [0.25, 0.3) is 0 Å². The maximum absolute atomic E-state index is 13.5. The Morgan fingerprint density at radius 2 is 1.02 bits per heavy atom. The Balaban J connectivity index is 4.40. The van der Waals surface area contributed by atoms with Gasteiger partial charge in [-0.15, -0.1) is 0 Å².